The maximum atomic E-state index is 11.5. The monoisotopic (exact) mass is 274 g/mol. The van der Waals surface area contributed by atoms with Gasteiger partial charge in [-0.2, -0.15) is 0 Å². The van der Waals surface area contributed by atoms with Gasteiger partial charge in [-0.15, -0.1) is 0 Å². The summed E-state index contributed by atoms with van der Waals surface area (Å²) in [6.45, 7) is 6.38. The molecule has 1 heterocycles. The second-order valence-corrected chi connectivity index (χ2v) is 4.68. The topological polar surface area (TPSA) is 64.4 Å². The molecule has 20 heavy (non-hydrogen) atoms. The minimum Gasteiger partial charge on any atom is -0.465 e. The number of esters is 1. The van der Waals surface area contributed by atoms with Crippen molar-refractivity contribution in [1.29, 1.82) is 0 Å². The van der Waals surface area contributed by atoms with Gasteiger partial charge < -0.3 is 14.6 Å². The second-order valence-electron chi connectivity index (χ2n) is 4.68. The summed E-state index contributed by atoms with van der Waals surface area (Å²) in [7, 11) is 1.37. The van der Waals surface area contributed by atoms with Gasteiger partial charge in [0.15, 0.2) is 0 Å². The molecule has 0 aliphatic rings. The second kappa shape index (κ2) is 5.77. The van der Waals surface area contributed by atoms with Crippen LogP contribution in [-0.4, -0.2) is 18.2 Å². The highest BCUT2D eigenvalue weighted by atomic mass is 16.5. The van der Waals surface area contributed by atoms with Gasteiger partial charge >= 0.3 is 5.97 Å². The molecule has 1 N–H and O–H groups in total. The number of methoxy groups -OCH3 is 1. The van der Waals surface area contributed by atoms with Crippen LogP contribution in [-0.2, 0) is 11.3 Å². The number of hydrogen-bond acceptors (Lipinski definition) is 5. The Kier molecular flexibility index (Phi) is 4.08. The van der Waals surface area contributed by atoms with Crippen LogP contribution >= 0.6 is 0 Å². The Morgan fingerprint density at radius 3 is 2.70 bits per heavy atom. The predicted octanol–water partition coefficient (Wildman–Crippen LogP) is 3.00. The molecule has 0 amide bonds. The number of benzene rings is 1. The quantitative estimate of drug-likeness (QED) is 0.868. The lowest BCUT2D eigenvalue weighted by molar-refractivity contribution is 0.0601. The van der Waals surface area contributed by atoms with Crippen molar-refractivity contribution in [2.75, 3.05) is 12.4 Å². The molecule has 0 aliphatic carbocycles. The maximum absolute atomic E-state index is 11.5. The van der Waals surface area contributed by atoms with Gasteiger partial charge in [-0.3, -0.25) is 0 Å². The van der Waals surface area contributed by atoms with Crippen molar-refractivity contribution in [3.8, 4) is 0 Å². The van der Waals surface area contributed by atoms with E-state index in [-0.39, 0.29) is 5.97 Å². The number of rotatable bonds is 4. The molecular formula is C15H18N2O3. The minimum atomic E-state index is -0.342. The summed E-state index contributed by atoms with van der Waals surface area (Å²) in [4.78, 5) is 11.5. The number of carbonyl (C=O) groups is 1. The van der Waals surface area contributed by atoms with Gasteiger partial charge in [-0.25, -0.2) is 4.79 Å². The summed E-state index contributed by atoms with van der Waals surface area (Å²) in [5.74, 6) is 0.460. The first-order valence-electron chi connectivity index (χ1n) is 6.37. The lowest BCUT2D eigenvalue weighted by Crippen LogP contribution is -2.06. The molecule has 0 fully saturated rings. The van der Waals surface area contributed by atoms with Gasteiger partial charge in [0.05, 0.1) is 18.4 Å². The molecule has 106 valence electrons. The first-order valence-corrected chi connectivity index (χ1v) is 6.37. The van der Waals surface area contributed by atoms with Crippen LogP contribution in [0.5, 0.6) is 0 Å². The van der Waals surface area contributed by atoms with Crippen LogP contribution in [0, 0.1) is 20.8 Å². The van der Waals surface area contributed by atoms with E-state index in [0.29, 0.717) is 12.1 Å². The summed E-state index contributed by atoms with van der Waals surface area (Å²) in [6.07, 6.45) is 0. The van der Waals surface area contributed by atoms with E-state index in [0.717, 1.165) is 28.3 Å². The van der Waals surface area contributed by atoms with Gasteiger partial charge in [0, 0.05) is 17.8 Å². The first kappa shape index (κ1) is 14.1. The van der Waals surface area contributed by atoms with Crippen LogP contribution in [0.1, 0.15) is 32.9 Å². The predicted molar refractivity (Wildman–Crippen MR) is 75.8 cm³/mol. The summed E-state index contributed by atoms with van der Waals surface area (Å²) >= 11 is 0. The van der Waals surface area contributed by atoms with E-state index >= 15 is 0 Å². The van der Waals surface area contributed by atoms with E-state index < -0.39 is 0 Å². The summed E-state index contributed by atoms with van der Waals surface area (Å²) in [6, 6.07) is 5.43. The van der Waals surface area contributed by atoms with E-state index in [1.165, 1.54) is 7.11 Å². The highest BCUT2D eigenvalue weighted by molar-refractivity contribution is 5.90. The molecule has 0 bridgehead atoms. The van der Waals surface area contributed by atoms with E-state index in [9.17, 15) is 4.79 Å². The molecule has 0 saturated heterocycles. The summed E-state index contributed by atoms with van der Waals surface area (Å²) in [5, 5.41) is 7.23. The zero-order valence-corrected chi connectivity index (χ0v) is 12.1. The summed E-state index contributed by atoms with van der Waals surface area (Å²) < 4.78 is 9.86. The van der Waals surface area contributed by atoms with E-state index in [4.69, 9.17) is 9.26 Å². The Morgan fingerprint density at radius 1 is 1.35 bits per heavy atom. The Morgan fingerprint density at radius 2 is 2.10 bits per heavy atom. The lowest BCUT2D eigenvalue weighted by atomic mass is 10.1. The molecule has 0 aliphatic heterocycles. The van der Waals surface area contributed by atoms with Crippen LogP contribution < -0.4 is 5.32 Å². The maximum Gasteiger partial charge on any atom is 0.337 e. The highest BCUT2D eigenvalue weighted by Crippen LogP contribution is 2.20. The standard InChI is InChI=1S/C15H18N2O3/c1-9-5-6-12(15(18)19-4)7-14(9)16-8-13-10(2)17-20-11(13)3/h5-7,16H,8H2,1-4H3. The molecule has 2 aromatic rings. The average molecular weight is 274 g/mol. The number of nitrogens with zero attached hydrogens (tertiary/aromatic N) is 1. The molecule has 1 aromatic heterocycles. The SMILES string of the molecule is COC(=O)c1ccc(C)c(NCc2c(C)noc2C)c1. The normalized spacial score (nSPS) is 10.4. The average Bonchev–Trinajstić information content (AvgIpc) is 2.76. The number of aryl methyl sites for hydroxylation is 3. The molecule has 0 unspecified atom stereocenters. The molecule has 0 atom stereocenters. The number of hydrogen-bond donors (Lipinski definition) is 1. The molecule has 0 radical (unpaired) electrons. The van der Waals surface area contributed by atoms with Crippen molar-refractivity contribution in [2.45, 2.75) is 27.3 Å². The molecule has 1 aromatic carbocycles. The highest BCUT2D eigenvalue weighted by Gasteiger charge is 2.11. The largest absolute Gasteiger partial charge is 0.465 e. The molecule has 2 rings (SSSR count). The number of ether oxygens (including phenoxy) is 1. The number of carbonyl (C=O) groups excluding carboxylic acids is 1. The molecule has 0 saturated carbocycles. The third-order valence-electron chi connectivity index (χ3n) is 3.30. The number of nitrogens with one attached hydrogen (secondary N) is 1. The third kappa shape index (κ3) is 2.82. The third-order valence-corrected chi connectivity index (χ3v) is 3.30. The molecule has 5 nitrogen and oxygen atoms in total. The van der Waals surface area contributed by atoms with Gasteiger partial charge in [-0.05, 0) is 38.5 Å². The zero-order valence-electron chi connectivity index (χ0n) is 12.1. The first-order chi connectivity index (χ1) is 9.52. The Labute approximate surface area is 117 Å². The van der Waals surface area contributed by atoms with Gasteiger partial charge in [0.1, 0.15) is 5.76 Å². The Bertz CT molecular complexity index is 613. The molecular weight excluding hydrogens is 256 g/mol. The van der Waals surface area contributed by atoms with Crippen molar-refractivity contribution < 1.29 is 14.1 Å². The van der Waals surface area contributed by atoms with Crippen LogP contribution in [0.2, 0.25) is 0 Å². The van der Waals surface area contributed by atoms with Crippen LogP contribution in [0.25, 0.3) is 0 Å². The minimum absolute atomic E-state index is 0.342. The van der Waals surface area contributed by atoms with Crippen LogP contribution in [0.3, 0.4) is 0 Å². The van der Waals surface area contributed by atoms with Gasteiger partial charge in [0.25, 0.3) is 0 Å². The lowest BCUT2D eigenvalue weighted by Gasteiger charge is -2.11. The molecule has 0 spiro atoms. The number of anilines is 1. The van der Waals surface area contributed by atoms with Crippen molar-refractivity contribution in [2.24, 2.45) is 0 Å². The fourth-order valence-electron chi connectivity index (χ4n) is 2.00. The van der Waals surface area contributed by atoms with Crippen molar-refractivity contribution >= 4 is 11.7 Å². The Hall–Kier alpha value is -2.30. The fourth-order valence-corrected chi connectivity index (χ4v) is 2.00. The number of aromatic nitrogens is 1. The van der Waals surface area contributed by atoms with Gasteiger partial charge in [0.2, 0.25) is 0 Å². The van der Waals surface area contributed by atoms with Gasteiger partial charge in [-0.1, -0.05) is 11.2 Å². The van der Waals surface area contributed by atoms with Crippen LogP contribution in [0.4, 0.5) is 5.69 Å². The fraction of sp³-hybridized carbons (Fsp3) is 0.333. The van der Waals surface area contributed by atoms with Crippen LogP contribution in [0.15, 0.2) is 22.7 Å². The molecule has 5 heteroatoms. The summed E-state index contributed by atoms with van der Waals surface area (Å²) in [5.41, 5.74) is 4.39. The Balaban J connectivity index is 2.19. The smallest absolute Gasteiger partial charge is 0.337 e. The zero-order chi connectivity index (χ0) is 14.7. The van der Waals surface area contributed by atoms with Crippen molar-refractivity contribution in [3.63, 3.8) is 0 Å². The van der Waals surface area contributed by atoms with E-state index in [1.807, 2.05) is 26.8 Å². The van der Waals surface area contributed by atoms with E-state index in [1.54, 1.807) is 12.1 Å². The van der Waals surface area contributed by atoms with Crippen molar-refractivity contribution in [1.82, 2.24) is 5.16 Å². The van der Waals surface area contributed by atoms with Crippen molar-refractivity contribution in [3.05, 3.63) is 46.3 Å². The van der Waals surface area contributed by atoms with E-state index in [2.05, 4.69) is 10.5 Å².